The van der Waals surface area contributed by atoms with Crippen LogP contribution in [0.4, 0.5) is 0 Å². The summed E-state index contributed by atoms with van der Waals surface area (Å²) in [5.41, 5.74) is 0.461. The molecule has 0 saturated carbocycles. The minimum atomic E-state index is -0.128. The highest BCUT2D eigenvalue weighted by molar-refractivity contribution is 7.09. The van der Waals surface area contributed by atoms with E-state index in [-0.39, 0.29) is 5.91 Å². The number of pyridine rings is 1. The molecule has 3 rings (SSSR count). The molecule has 0 N–H and O–H groups in total. The number of amides is 1. The first kappa shape index (κ1) is 16.3. The Morgan fingerprint density at radius 2 is 2.17 bits per heavy atom. The van der Waals surface area contributed by atoms with Crippen LogP contribution in [0.3, 0.4) is 0 Å². The van der Waals surface area contributed by atoms with Gasteiger partial charge in [-0.3, -0.25) is 4.79 Å². The summed E-state index contributed by atoms with van der Waals surface area (Å²) in [6.45, 7) is 3.23. The van der Waals surface area contributed by atoms with Gasteiger partial charge in [-0.05, 0) is 42.6 Å². The molecule has 0 saturated heterocycles. The van der Waals surface area contributed by atoms with Gasteiger partial charge in [-0.2, -0.15) is 0 Å². The third-order valence-electron chi connectivity index (χ3n) is 3.42. The van der Waals surface area contributed by atoms with Crippen LogP contribution >= 0.6 is 11.3 Å². The van der Waals surface area contributed by atoms with E-state index in [1.807, 2.05) is 36.6 Å². The van der Waals surface area contributed by atoms with Gasteiger partial charge in [-0.1, -0.05) is 6.07 Å². The largest absolute Gasteiger partial charge is 0.477 e. The van der Waals surface area contributed by atoms with E-state index >= 15 is 0 Å². The maximum Gasteiger partial charge on any atom is 0.260 e. The molecule has 0 aromatic carbocycles. The molecule has 0 unspecified atom stereocenters. The molecule has 0 spiro atoms. The number of aromatic nitrogens is 1. The van der Waals surface area contributed by atoms with Gasteiger partial charge in [0.05, 0.1) is 26.0 Å². The predicted molar refractivity (Wildman–Crippen MR) is 92.0 cm³/mol. The highest BCUT2D eigenvalue weighted by atomic mass is 32.1. The quantitative estimate of drug-likeness (QED) is 0.652. The SMILES string of the molecule is CCOc1ncccc1C(=O)N(Cc1ccco1)Cc1cccs1. The van der Waals surface area contributed by atoms with E-state index in [1.54, 1.807) is 40.8 Å². The van der Waals surface area contributed by atoms with Gasteiger partial charge in [0.2, 0.25) is 5.88 Å². The van der Waals surface area contributed by atoms with Crippen LogP contribution in [-0.2, 0) is 13.1 Å². The molecular weight excluding hydrogens is 324 g/mol. The lowest BCUT2D eigenvalue weighted by molar-refractivity contribution is 0.0714. The maximum absolute atomic E-state index is 13.1. The standard InChI is InChI=1S/C18H18N2O3S/c1-2-22-17-16(8-3-9-19-17)18(21)20(12-14-6-4-10-23-14)13-15-7-5-11-24-15/h3-11H,2,12-13H2,1H3. The Labute approximate surface area is 144 Å². The molecule has 0 radical (unpaired) electrons. The Bertz CT molecular complexity index is 733. The zero-order chi connectivity index (χ0) is 16.8. The normalized spacial score (nSPS) is 10.5. The van der Waals surface area contributed by atoms with Gasteiger partial charge in [0, 0.05) is 11.1 Å². The number of ether oxygens (including phenoxy) is 1. The van der Waals surface area contributed by atoms with Gasteiger partial charge >= 0.3 is 0 Å². The summed E-state index contributed by atoms with van der Waals surface area (Å²) in [6, 6.07) is 11.2. The lowest BCUT2D eigenvalue weighted by atomic mass is 10.2. The molecule has 5 nitrogen and oxygen atoms in total. The van der Waals surface area contributed by atoms with Crippen molar-refractivity contribution in [2.75, 3.05) is 6.61 Å². The number of thiophene rings is 1. The van der Waals surface area contributed by atoms with Crippen LogP contribution in [0.5, 0.6) is 5.88 Å². The molecule has 0 aliphatic heterocycles. The molecule has 24 heavy (non-hydrogen) atoms. The second kappa shape index (κ2) is 7.79. The Kier molecular flexibility index (Phi) is 5.28. The molecule has 1 amide bonds. The molecule has 3 heterocycles. The number of nitrogens with zero attached hydrogens (tertiary/aromatic N) is 2. The molecular formula is C18H18N2O3S. The Morgan fingerprint density at radius 1 is 1.25 bits per heavy atom. The summed E-state index contributed by atoms with van der Waals surface area (Å²) in [5, 5.41) is 2.00. The van der Waals surface area contributed by atoms with Crippen molar-refractivity contribution in [2.24, 2.45) is 0 Å². The average molecular weight is 342 g/mol. The molecule has 0 bridgehead atoms. The number of carbonyl (C=O) groups is 1. The molecule has 124 valence electrons. The van der Waals surface area contributed by atoms with E-state index in [9.17, 15) is 4.79 Å². The molecule has 0 aliphatic rings. The average Bonchev–Trinajstić information content (AvgIpc) is 3.28. The zero-order valence-corrected chi connectivity index (χ0v) is 14.2. The summed E-state index contributed by atoms with van der Waals surface area (Å²) in [5.74, 6) is 0.971. The second-order valence-electron chi connectivity index (χ2n) is 5.11. The highest BCUT2D eigenvalue weighted by Crippen LogP contribution is 2.21. The second-order valence-corrected chi connectivity index (χ2v) is 6.14. The van der Waals surface area contributed by atoms with Crippen LogP contribution in [0.15, 0.2) is 58.7 Å². The van der Waals surface area contributed by atoms with Gasteiger partial charge < -0.3 is 14.1 Å². The zero-order valence-electron chi connectivity index (χ0n) is 13.3. The van der Waals surface area contributed by atoms with Crippen molar-refractivity contribution in [2.45, 2.75) is 20.0 Å². The first-order chi connectivity index (χ1) is 11.8. The summed E-state index contributed by atoms with van der Waals surface area (Å²) < 4.78 is 10.9. The number of hydrogen-bond donors (Lipinski definition) is 0. The Hall–Kier alpha value is -2.60. The van der Waals surface area contributed by atoms with Crippen LogP contribution < -0.4 is 4.74 Å². The predicted octanol–water partition coefficient (Wildman–Crippen LogP) is 3.98. The minimum Gasteiger partial charge on any atom is -0.477 e. The van der Waals surface area contributed by atoms with E-state index in [0.717, 1.165) is 10.6 Å². The van der Waals surface area contributed by atoms with Crippen LogP contribution in [0.2, 0.25) is 0 Å². The number of carbonyl (C=O) groups excluding carboxylic acids is 1. The van der Waals surface area contributed by atoms with Crippen molar-refractivity contribution in [1.82, 2.24) is 9.88 Å². The van der Waals surface area contributed by atoms with E-state index < -0.39 is 0 Å². The maximum atomic E-state index is 13.1. The molecule has 0 atom stereocenters. The van der Waals surface area contributed by atoms with Gasteiger partial charge in [0.1, 0.15) is 11.3 Å². The fourth-order valence-electron chi connectivity index (χ4n) is 2.36. The van der Waals surface area contributed by atoms with Crippen LogP contribution in [0, 0.1) is 0 Å². The molecule has 6 heteroatoms. The van der Waals surface area contributed by atoms with Crippen LogP contribution in [0.1, 0.15) is 27.9 Å². The van der Waals surface area contributed by atoms with Crippen molar-refractivity contribution >= 4 is 17.2 Å². The van der Waals surface area contributed by atoms with E-state index in [2.05, 4.69) is 4.98 Å². The fraction of sp³-hybridized carbons (Fsp3) is 0.222. The Morgan fingerprint density at radius 3 is 2.88 bits per heavy atom. The summed E-state index contributed by atoms with van der Waals surface area (Å²) in [6.07, 6.45) is 3.23. The number of rotatable bonds is 7. The van der Waals surface area contributed by atoms with Crippen molar-refractivity contribution in [3.05, 3.63) is 70.4 Å². The monoisotopic (exact) mass is 342 g/mol. The first-order valence-electron chi connectivity index (χ1n) is 7.69. The van der Waals surface area contributed by atoms with E-state index in [4.69, 9.17) is 9.15 Å². The highest BCUT2D eigenvalue weighted by Gasteiger charge is 2.22. The molecule has 0 fully saturated rings. The Balaban J connectivity index is 1.87. The lowest BCUT2D eigenvalue weighted by Crippen LogP contribution is -2.30. The van der Waals surface area contributed by atoms with Crippen LogP contribution in [0.25, 0.3) is 0 Å². The third kappa shape index (κ3) is 3.83. The number of hydrogen-bond acceptors (Lipinski definition) is 5. The van der Waals surface area contributed by atoms with Gasteiger partial charge in [-0.25, -0.2) is 4.98 Å². The van der Waals surface area contributed by atoms with Crippen molar-refractivity contribution in [1.29, 1.82) is 0 Å². The van der Waals surface area contributed by atoms with Crippen LogP contribution in [-0.4, -0.2) is 22.4 Å². The van der Waals surface area contributed by atoms with E-state index in [1.165, 1.54) is 0 Å². The van der Waals surface area contributed by atoms with Gasteiger partial charge in [0.25, 0.3) is 5.91 Å². The summed E-state index contributed by atoms with van der Waals surface area (Å²) >= 11 is 1.62. The summed E-state index contributed by atoms with van der Waals surface area (Å²) in [4.78, 5) is 20.1. The smallest absolute Gasteiger partial charge is 0.260 e. The van der Waals surface area contributed by atoms with Crippen molar-refractivity contribution in [3.8, 4) is 5.88 Å². The van der Waals surface area contributed by atoms with Gasteiger partial charge in [-0.15, -0.1) is 11.3 Å². The fourth-order valence-corrected chi connectivity index (χ4v) is 3.08. The van der Waals surface area contributed by atoms with E-state index in [0.29, 0.717) is 31.1 Å². The lowest BCUT2D eigenvalue weighted by Gasteiger charge is -2.22. The minimum absolute atomic E-state index is 0.128. The molecule has 0 aliphatic carbocycles. The topological polar surface area (TPSA) is 55.6 Å². The molecule has 3 aromatic rings. The van der Waals surface area contributed by atoms with Crippen molar-refractivity contribution in [3.63, 3.8) is 0 Å². The third-order valence-corrected chi connectivity index (χ3v) is 4.28. The first-order valence-corrected chi connectivity index (χ1v) is 8.57. The van der Waals surface area contributed by atoms with Crippen molar-refractivity contribution < 1.29 is 13.9 Å². The van der Waals surface area contributed by atoms with Gasteiger partial charge in [0.15, 0.2) is 0 Å². The summed E-state index contributed by atoms with van der Waals surface area (Å²) in [7, 11) is 0. The molecule has 3 aromatic heterocycles. The number of furan rings is 1.